The number of allylic oxidation sites excluding steroid dienone is 1. The lowest BCUT2D eigenvalue weighted by Crippen LogP contribution is -2.03. The second-order valence-electron chi connectivity index (χ2n) is 5.00. The summed E-state index contributed by atoms with van der Waals surface area (Å²) in [5.41, 5.74) is 0. The van der Waals surface area contributed by atoms with Crippen molar-refractivity contribution in [2.75, 3.05) is 6.61 Å². The summed E-state index contributed by atoms with van der Waals surface area (Å²) in [7, 11) is 0. The molecule has 1 unspecified atom stereocenters. The summed E-state index contributed by atoms with van der Waals surface area (Å²) in [6.45, 7) is 9.94. The van der Waals surface area contributed by atoms with Crippen LogP contribution in [0.3, 0.4) is 0 Å². The molecule has 132 valence electrons. The van der Waals surface area contributed by atoms with Gasteiger partial charge in [-0.05, 0) is 32.1 Å². The fourth-order valence-corrected chi connectivity index (χ4v) is 1.47. The van der Waals surface area contributed by atoms with Crippen LogP contribution in [0.1, 0.15) is 72.1 Å². The quantitative estimate of drug-likeness (QED) is 0.416. The summed E-state index contributed by atoms with van der Waals surface area (Å²) in [6, 6.07) is 0. The van der Waals surface area contributed by atoms with E-state index < -0.39 is 11.9 Å². The van der Waals surface area contributed by atoms with Gasteiger partial charge in [-0.25, -0.2) is 0 Å². The van der Waals surface area contributed by atoms with Crippen LogP contribution < -0.4 is 0 Å². The summed E-state index contributed by atoms with van der Waals surface area (Å²) in [6.07, 6.45) is 7.60. The summed E-state index contributed by atoms with van der Waals surface area (Å²) in [5, 5.41) is 25.0. The number of hydrogen-bond donors (Lipinski definition) is 3. The molecule has 0 aliphatic carbocycles. The molecule has 0 amide bonds. The van der Waals surface area contributed by atoms with Crippen LogP contribution in [0.15, 0.2) is 12.7 Å². The van der Waals surface area contributed by atoms with Crippen molar-refractivity contribution in [3.05, 3.63) is 12.7 Å². The number of aliphatic hydroxyl groups is 1. The lowest BCUT2D eigenvalue weighted by atomic mass is 10.0. The molecule has 0 saturated carbocycles. The Morgan fingerprint density at radius 3 is 1.68 bits per heavy atom. The zero-order chi connectivity index (χ0) is 17.8. The van der Waals surface area contributed by atoms with Crippen molar-refractivity contribution in [3.63, 3.8) is 0 Å². The van der Waals surface area contributed by atoms with Crippen LogP contribution in [0.5, 0.6) is 0 Å². The Morgan fingerprint density at radius 1 is 1.05 bits per heavy atom. The third-order valence-corrected chi connectivity index (χ3v) is 2.83. The summed E-state index contributed by atoms with van der Waals surface area (Å²) in [4.78, 5) is 19.8. The predicted octanol–water partition coefficient (Wildman–Crippen LogP) is 4.10. The van der Waals surface area contributed by atoms with Gasteiger partial charge >= 0.3 is 11.9 Å². The van der Waals surface area contributed by atoms with E-state index in [1.165, 1.54) is 19.3 Å². The third kappa shape index (κ3) is 31.2. The number of aliphatic hydroxyl groups excluding tert-OH is 1. The van der Waals surface area contributed by atoms with Crippen LogP contribution in [-0.4, -0.2) is 33.9 Å². The normalized spacial score (nSPS) is 10.4. The highest BCUT2D eigenvalue weighted by Crippen LogP contribution is 2.10. The first-order valence-corrected chi connectivity index (χ1v) is 8.00. The maximum atomic E-state index is 9.90. The Kier molecular flexibility index (Phi) is 25.5. The molecule has 0 rings (SSSR count). The number of hydrogen-bond acceptors (Lipinski definition) is 3. The molecule has 0 fully saturated rings. The Labute approximate surface area is 135 Å². The Balaban J connectivity index is -0.000000279. The smallest absolute Gasteiger partial charge is 0.303 e. The molecule has 0 radical (unpaired) electrons. The van der Waals surface area contributed by atoms with Crippen molar-refractivity contribution in [1.82, 2.24) is 0 Å². The van der Waals surface area contributed by atoms with Crippen LogP contribution in [-0.2, 0) is 9.59 Å². The number of carboxylic acids is 2. The van der Waals surface area contributed by atoms with Gasteiger partial charge in [-0.15, -0.1) is 6.58 Å². The molecular formula is C17H34O5. The first-order chi connectivity index (χ1) is 10.4. The molecule has 0 heterocycles. The van der Waals surface area contributed by atoms with Gasteiger partial charge in [-0.3, -0.25) is 9.59 Å². The zero-order valence-corrected chi connectivity index (χ0v) is 14.4. The monoisotopic (exact) mass is 318 g/mol. The number of carbonyl (C=O) groups is 2. The van der Waals surface area contributed by atoms with E-state index in [0.29, 0.717) is 25.4 Å². The van der Waals surface area contributed by atoms with Crippen LogP contribution in [0.2, 0.25) is 0 Å². The number of carboxylic acid groups (broad SMARTS) is 2. The molecule has 0 aliphatic rings. The van der Waals surface area contributed by atoms with E-state index >= 15 is 0 Å². The minimum absolute atomic E-state index is 0.0628. The van der Waals surface area contributed by atoms with E-state index in [1.54, 1.807) is 6.08 Å². The standard InChI is InChI=1S/C8H18O.C6H10O4.C3H6/c1-3-5-6-8(4-2)7-9;7-5(8)3-1-2-4-6(9)10;1-3-2/h8-9H,3-7H2,1-2H3;1-4H2,(H,7,8)(H,9,10);3H,1H2,2H3. The maximum absolute atomic E-state index is 9.90. The van der Waals surface area contributed by atoms with Gasteiger partial charge in [0.1, 0.15) is 0 Å². The average Bonchev–Trinajstić information content (AvgIpc) is 2.46. The molecule has 0 saturated heterocycles. The highest BCUT2D eigenvalue weighted by molar-refractivity contribution is 5.67. The molecule has 22 heavy (non-hydrogen) atoms. The molecule has 5 heteroatoms. The van der Waals surface area contributed by atoms with Crippen LogP contribution in [0.4, 0.5) is 0 Å². The molecule has 0 spiro atoms. The summed E-state index contributed by atoms with van der Waals surface area (Å²) < 4.78 is 0. The van der Waals surface area contributed by atoms with Gasteiger partial charge in [0.2, 0.25) is 0 Å². The molecule has 0 aliphatic heterocycles. The highest BCUT2D eigenvalue weighted by Gasteiger charge is 2.01. The van der Waals surface area contributed by atoms with Gasteiger partial charge in [-0.1, -0.05) is 39.2 Å². The second kappa shape index (κ2) is 21.9. The van der Waals surface area contributed by atoms with Gasteiger partial charge in [0, 0.05) is 19.4 Å². The Hall–Kier alpha value is -1.36. The number of aliphatic carboxylic acids is 2. The number of rotatable bonds is 10. The van der Waals surface area contributed by atoms with E-state index in [4.69, 9.17) is 15.3 Å². The molecule has 5 nitrogen and oxygen atoms in total. The molecule has 1 atom stereocenters. The molecular weight excluding hydrogens is 284 g/mol. The second-order valence-corrected chi connectivity index (χ2v) is 5.00. The van der Waals surface area contributed by atoms with E-state index in [1.807, 2.05) is 6.92 Å². The fraction of sp³-hybridized carbons (Fsp3) is 0.765. The summed E-state index contributed by atoms with van der Waals surface area (Å²) in [5.74, 6) is -1.18. The topological polar surface area (TPSA) is 94.8 Å². The average molecular weight is 318 g/mol. The molecule has 0 bridgehead atoms. The van der Waals surface area contributed by atoms with Crippen molar-refractivity contribution in [2.24, 2.45) is 5.92 Å². The first kappa shape index (κ1) is 25.6. The van der Waals surface area contributed by atoms with E-state index in [9.17, 15) is 9.59 Å². The largest absolute Gasteiger partial charge is 0.481 e. The van der Waals surface area contributed by atoms with E-state index in [0.717, 1.165) is 6.42 Å². The molecule has 3 N–H and O–H groups in total. The fourth-order valence-electron chi connectivity index (χ4n) is 1.47. The van der Waals surface area contributed by atoms with E-state index in [2.05, 4.69) is 20.4 Å². The minimum Gasteiger partial charge on any atom is -0.481 e. The van der Waals surface area contributed by atoms with Gasteiger partial charge in [0.15, 0.2) is 0 Å². The van der Waals surface area contributed by atoms with E-state index in [-0.39, 0.29) is 12.8 Å². The highest BCUT2D eigenvalue weighted by atomic mass is 16.4. The van der Waals surface area contributed by atoms with Crippen molar-refractivity contribution >= 4 is 11.9 Å². The van der Waals surface area contributed by atoms with Crippen LogP contribution in [0.25, 0.3) is 0 Å². The SMILES string of the molecule is C=CC.CCCCC(CC)CO.O=C(O)CCCCC(=O)O. The van der Waals surface area contributed by atoms with Gasteiger partial charge in [0.25, 0.3) is 0 Å². The van der Waals surface area contributed by atoms with Gasteiger partial charge < -0.3 is 15.3 Å². The first-order valence-electron chi connectivity index (χ1n) is 8.00. The molecule has 0 aromatic heterocycles. The van der Waals surface area contributed by atoms with Gasteiger partial charge in [-0.2, -0.15) is 0 Å². The van der Waals surface area contributed by atoms with Crippen molar-refractivity contribution in [3.8, 4) is 0 Å². The summed E-state index contributed by atoms with van der Waals surface area (Å²) >= 11 is 0. The maximum Gasteiger partial charge on any atom is 0.303 e. The Bertz CT molecular complexity index is 244. The third-order valence-electron chi connectivity index (χ3n) is 2.83. The number of unbranched alkanes of at least 4 members (excludes halogenated alkanes) is 2. The van der Waals surface area contributed by atoms with Crippen molar-refractivity contribution in [2.45, 2.75) is 72.1 Å². The van der Waals surface area contributed by atoms with Crippen LogP contribution >= 0.6 is 0 Å². The lowest BCUT2D eigenvalue weighted by Gasteiger charge is -2.08. The van der Waals surface area contributed by atoms with Crippen LogP contribution in [0, 0.1) is 5.92 Å². The lowest BCUT2D eigenvalue weighted by molar-refractivity contribution is -0.139. The zero-order valence-electron chi connectivity index (χ0n) is 14.4. The Morgan fingerprint density at radius 2 is 1.45 bits per heavy atom. The van der Waals surface area contributed by atoms with Gasteiger partial charge in [0.05, 0.1) is 0 Å². The molecule has 0 aromatic carbocycles. The van der Waals surface area contributed by atoms with Crippen molar-refractivity contribution < 1.29 is 24.9 Å². The van der Waals surface area contributed by atoms with Crippen molar-refractivity contribution in [1.29, 1.82) is 0 Å². The minimum atomic E-state index is -0.870. The predicted molar refractivity (Wildman–Crippen MR) is 90.0 cm³/mol. The molecule has 0 aromatic rings.